The molecule has 0 atom stereocenters. The quantitative estimate of drug-likeness (QED) is 0.502. The van der Waals surface area contributed by atoms with Gasteiger partial charge in [0, 0.05) is 39.3 Å². The number of nitrogens with zero attached hydrogens (tertiary/aromatic N) is 3. The summed E-state index contributed by atoms with van der Waals surface area (Å²) in [5.74, 6) is 0.231. The van der Waals surface area contributed by atoms with Crippen LogP contribution in [0.2, 0.25) is 0 Å². The van der Waals surface area contributed by atoms with Gasteiger partial charge in [-0.3, -0.25) is 24.2 Å². The molecule has 29 heavy (non-hydrogen) atoms. The molecule has 7 heteroatoms. The van der Waals surface area contributed by atoms with Gasteiger partial charge in [-0.25, -0.2) is 0 Å². The summed E-state index contributed by atoms with van der Waals surface area (Å²) in [6, 6.07) is 7.03. The third-order valence-electron chi connectivity index (χ3n) is 5.52. The Morgan fingerprint density at radius 2 is 1.48 bits per heavy atom. The van der Waals surface area contributed by atoms with Crippen LogP contribution in [0.25, 0.3) is 0 Å². The number of rotatable bonds is 9. The Bertz CT molecular complexity index is 706. The van der Waals surface area contributed by atoms with Crippen LogP contribution >= 0.6 is 0 Å². The zero-order valence-electron chi connectivity index (χ0n) is 17.5. The normalized spacial score (nSPS) is 17.8. The smallest absolute Gasteiger partial charge is 0.261 e. The Kier molecular flexibility index (Phi) is 7.39. The van der Waals surface area contributed by atoms with Gasteiger partial charge in [0.15, 0.2) is 0 Å². The van der Waals surface area contributed by atoms with Gasteiger partial charge >= 0.3 is 0 Å². The van der Waals surface area contributed by atoms with E-state index in [1.165, 1.54) is 4.90 Å². The molecule has 1 N–H and O–H groups in total. The maximum atomic E-state index is 12.4. The fourth-order valence-corrected chi connectivity index (χ4v) is 3.80. The number of carbonyl (C=O) groups excluding carboxylic acids is 3. The van der Waals surface area contributed by atoms with Gasteiger partial charge in [-0.15, -0.1) is 0 Å². The van der Waals surface area contributed by atoms with Gasteiger partial charge in [-0.2, -0.15) is 0 Å². The maximum absolute atomic E-state index is 12.4. The molecule has 1 aromatic carbocycles. The predicted octanol–water partition coefficient (Wildman–Crippen LogP) is 1.45. The van der Waals surface area contributed by atoms with E-state index >= 15 is 0 Å². The second-order valence-electron chi connectivity index (χ2n) is 8.33. The SMILES string of the molecule is CC(C)CNC(=O)CN1CCN(CCCCN2C(=O)c3ccccc3C2=O)CC1. The largest absolute Gasteiger partial charge is 0.355 e. The summed E-state index contributed by atoms with van der Waals surface area (Å²) in [6.45, 7) is 10.5. The van der Waals surface area contributed by atoms with Crippen LogP contribution in [0.4, 0.5) is 0 Å². The van der Waals surface area contributed by atoms with Crippen LogP contribution in [0.5, 0.6) is 0 Å². The molecule has 1 fully saturated rings. The topological polar surface area (TPSA) is 73.0 Å². The van der Waals surface area contributed by atoms with Crippen molar-refractivity contribution in [3.63, 3.8) is 0 Å². The number of fused-ring (bicyclic) bond motifs is 1. The zero-order valence-corrected chi connectivity index (χ0v) is 17.5. The van der Waals surface area contributed by atoms with E-state index < -0.39 is 0 Å². The Morgan fingerprint density at radius 1 is 0.931 bits per heavy atom. The number of carbonyl (C=O) groups is 3. The van der Waals surface area contributed by atoms with Crippen LogP contribution in [-0.2, 0) is 4.79 Å². The summed E-state index contributed by atoms with van der Waals surface area (Å²) in [5.41, 5.74) is 1.04. The lowest BCUT2D eigenvalue weighted by atomic mass is 10.1. The highest BCUT2D eigenvalue weighted by Crippen LogP contribution is 2.22. The number of benzene rings is 1. The van der Waals surface area contributed by atoms with Crippen molar-refractivity contribution in [3.8, 4) is 0 Å². The molecule has 3 rings (SSSR count). The maximum Gasteiger partial charge on any atom is 0.261 e. The van der Waals surface area contributed by atoms with Crippen molar-refractivity contribution in [1.29, 1.82) is 0 Å². The highest BCUT2D eigenvalue weighted by atomic mass is 16.2. The zero-order chi connectivity index (χ0) is 20.8. The van der Waals surface area contributed by atoms with Gasteiger partial charge in [0.25, 0.3) is 11.8 Å². The van der Waals surface area contributed by atoms with Crippen LogP contribution in [0, 0.1) is 5.92 Å². The highest BCUT2D eigenvalue weighted by Gasteiger charge is 2.34. The first-order valence-electron chi connectivity index (χ1n) is 10.6. The molecule has 2 aliphatic heterocycles. The van der Waals surface area contributed by atoms with Crippen LogP contribution in [0.3, 0.4) is 0 Å². The van der Waals surface area contributed by atoms with E-state index in [0.29, 0.717) is 30.1 Å². The lowest BCUT2D eigenvalue weighted by molar-refractivity contribution is -0.122. The summed E-state index contributed by atoms with van der Waals surface area (Å²) < 4.78 is 0. The Morgan fingerprint density at radius 3 is 2.07 bits per heavy atom. The van der Waals surface area contributed by atoms with E-state index in [9.17, 15) is 14.4 Å². The molecule has 158 valence electrons. The number of piperazine rings is 1. The molecule has 3 amide bonds. The number of amides is 3. The van der Waals surface area contributed by atoms with E-state index in [2.05, 4.69) is 29.0 Å². The molecule has 1 aromatic rings. The molecule has 1 saturated heterocycles. The third kappa shape index (κ3) is 5.64. The lowest BCUT2D eigenvalue weighted by Gasteiger charge is -2.34. The van der Waals surface area contributed by atoms with Crippen molar-refractivity contribution in [1.82, 2.24) is 20.0 Å². The average Bonchev–Trinajstić information content (AvgIpc) is 2.96. The standard InChI is InChI=1S/C22H32N4O3/c1-17(2)15-23-20(27)16-25-13-11-24(12-14-25)9-5-6-10-26-21(28)18-7-3-4-8-19(18)22(26)29/h3-4,7-8,17H,5-6,9-16H2,1-2H3,(H,23,27). The Hall–Kier alpha value is -2.25. The molecular weight excluding hydrogens is 368 g/mol. The van der Waals surface area contributed by atoms with Crippen molar-refractivity contribution in [2.75, 3.05) is 52.4 Å². The number of nitrogens with one attached hydrogen (secondary N) is 1. The highest BCUT2D eigenvalue weighted by molar-refractivity contribution is 6.21. The van der Waals surface area contributed by atoms with Crippen LogP contribution in [0.1, 0.15) is 47.4 Å². The summed E-state index contributed by atoms with van der Waals surface area (Å²) in [5, 5.41) is 2.97. The van der Waals surface area contributed by atoms with Crippen molar-refractivity contribution in [2.45, 2.75) is 26.7 Å². The molecule has 2 aliphatic rings. The molecule has 0 saturated carbocycles. The van der Waals surface area contributed by atoms with E-state index in [0.717, 1.165) is 52.1 Å². The fourth-order valence-electron chi connectivity index (χ4n) is 3.80. The molecule has 0 aromatic heterocycles. The molecule has 0 aliphatic carbocycles. The van der Waals surface area contributed by atoms with Gasteiger partial charge < -0.3 is 10.2 Å². The Balaban J connectivity index is 1.31. The van der Waals surface area contributed by atoms with Crippen LogP contribution in [-0.4, -0.2) is 84.8 Å². The van der Waals surface area contributed by atoms with Crippen molar-refractivity contribution in [2.24, 2.45) is 5.92 Å². The summed E-state index contributed by atoms with van der Waals surface area (Å²) in [7, 11) is 0. The molecule has 7 nitrogen and oxygen atoms in total. The number of unbranched alkanes of at least 4 members (excludes halogenated alkanes) is 1. The fraction of sp³-hybridized carbons (Fsp3) is 0.591. The van der Waals surface area contributed by atoms with Crippen molar-refractivity contribution < 1.29 is 14.4 Å². The van der Waals surface area contributed by atoms with Crippen LogP contribution in [0.15, 0.2) is 24.3 Å². The van der Waals surface area contributed by atoms with Gasteiger partial charge in [0.1, 0.15) is 0 Å². The average molecular weight is 401 g/mol. The second-order valence-corrected chi connectivity index (χ2v) is 8.33. The van der Waals surface area contributed by atoms with E-state index in [-0.39, 0.29) is 17.7 Å². The van der Waals surface area contributed by atoms with Gasteiger partial charge in [0.2, 0.25) is 5.91 Å². The first kappa shape index (κ1) is 21.5. The summed E-state index contributed by atoms with van der Waals surface area (Å²) in [4.78, 5) is 42.6. The third-order valence-corrected chi connectivity index (χ3v) is 5.52. The molecule has 0 spiro atoms. The minimum absolute atomic E-state index is 0.105. The summed E-state index contributed by atoms with van der Waals surface area (Å²) >= 11 is 0. The van der Waals surface area contributed by atoms with Gasteiger partial charge in [0.05, 0.1) is 17.7 Å². The molecular formula is C22H32N4O3. The number of imide groups is 1. The minimum atomic E-state index is -0.171. The van der Waals surface area contributed by atoms with Crippen LogP contribution < -0.4 is 5.32 Å². The molecule has 2 heterocycles. The monoisotopic (exact) mass is 400 g/mol. The minimum Gasteiger partial charge on any atom is -0.355 e. The van der Waals surface area contributed by atoms with Gasteiger partial charge in [-0.1, -0.05) is 26.0 Å². The summed E-state index contributed by atoms with van der Waals surface area (Å²) in [6.07, 6.45) is 1.76. The Labute approximate surface area is 173 Å². The van der Waals surface area contributed by atoms with E-state index in [1.807, 2.05) is 0 Å². The molecule has 0 unspecified atom stereocenters. The predicted molar refractivity (Wildman–Crippen MR) is 112 cm³/mol. The van der Waals surface area contributed by atoms with Gasteiger partial charge in [-0.05, 0) is 37.4 Å². The number of hydrogen-bond acceptors (Lipinski definition) is 5. The first-order valence-corrected chi connectivity index (χ1v) is 10.6. The van der Waals surface area contributed by atoms with Crippen molar-refractivity contribution >= 4 is 17.7 Å². The van der Waals surface area contributed by atoms with E-state index in [1.54, 1.807) is 24.3 Å². The number of hydrogen-bond donors (Lipinski definition) is 1. The van der Waals surface area contributed by atoms with Crippen molar-refractivity contribution in [3.05, 3.63) is 35.4 Å². The molecule has 0 radical (unpaired) electrons. The first-order chi connectivity index (χ1) is 14.0. The molecule has 0 bridgehead atoms. The second kappa shape index (κ2) is 9.98. The lowest BCUT2D eigenvalue weighted by Crippen LogP contribution is -2.49. The van der Waals surface area contributed by atoms with E-state index in [4.69, 9.17) is 0 Å².